The summed E-state index contributed by atoms with van der Waals surface area (Å²) in [5, 5.41) is 0. The second kappa shape index (κ2) is 7.12. The Morgan fingerprint density at radius 3 is 2.59 bits per heavy atom. The smallest absolute Gasteiger partial charge is 0.288 e. The molecule has 0 spiro atoms. The molecule has 1 amide bonds. The number of amides is 1. The second-order valence-corrected chi connectivity index (χ2v) is 4.34. The lowest BCUT2D eigenvalue weighted by Crippen LogP contribution is -2.36. The summed E-state index contributed by atoms with van der Waals surface area (Å²) in [7, 11) is 3.13. The van der Waals surface area contributed by atoms with Gasteiger partial charge in [-0.15, -0.1) is 0 Å². The number of methoxy groups -OCH3 is 2. The lowest BCUT2D eigenvalue weighted by molar-refractivity contribution is 0.0937. The summed E-state index contributed by atoms with van der Waals surface area (Å²) >= 11 is 0. The largest absolute Gasteiger partial charge is 0.497 e. The van der Waals surface area contributed by atoms with E-state index in [0.717, 1.165) is 0 Å². The van der Waals surface area contributed by atoms with Crippen molar-refractivity contribution in [2.45, 2.75) is 0 Å². The van der Waals surface area contributed by atoms with Gasteiger partial charge in [-0.25, -0.2) is 0 Å². The van der Waals surface area contributed by atoms with Crippen LogP contribution < -0.4 is 20.3 Å². The topological polar surface area (TPSA) is 72.5 Å². The van der Waals surface area contributed by atoms with Crippen LogP contribution in [-0.4, -0.2) is 25.1 Å². The molecule has 0 atom stereocenters. The Kier molecular flexibility index (Phi) is 4.98. The average molecular weight is 299 g/mol. The molecule has 1 aromatic carbocycles. The molecule has 1 aromatic heterocycles. The monoisotopic (exact) mass is 299 g/mol. The number of hydrazine groups is 1. The molecule has 0 saturated carbocycles. The van der Waals surface area contributed by atoms with Gasteiger partial charge in [0.2, 0.25) is 0 Å². The molecule has 0 saturated heterocycles. The van der Waals surface area contributed by atoms with Gasteiger partial charge >= 0.3 is 0 Å². The van der Waals surface area contributed by atoms with E-state index in [1.807, 2.05) is 0 Å². The van der Waals surface area contributed by atoms with Crippen LogP contribution in [0, 0.1) is 0 Å². The molecule has 2 aromatic rings. The summed E-state index contributed by atoms with van der Waals surface area (Å²) in [5.74, 6) is 0.920. The summed E-state index contributed by atoms with van der Waals surface area (Å²) in [6, 6.07) is 10.4. The van der Waals surface area contributed by atoms with Crippen molar-refractivity contribution < 1.29 is 14.3 Å². The molecule has 0 aliphatic heterocycles. The maximum Gasteiger partial charge on any atom is 0.288 e. The van der Waals surface area contributed by atoms with Crippen molar-refractivity contribution in [2.75, 3.05) is 14.2 Å². The van der Waals surface area contributed by atoms with E-state index in [9.17, 15) is 4.79 Å². The first kappa shape index (κ1) is 15.4. The quantitative estimate of drug-likeness (QED) is 0.798. The first-order valence-corrected chi connectivity index (χ1v) is 6.54. The number of hydrogen-bond donors (Lipinski definition) is 2. The molecule has 0 aliphatic carbocycles. The minimum absolute atomic E-state index is 0.306. The van der Waals surface area contributed by atoms with Gasteiger partial charge < -0.3 is 9.47 Å². The van der Waals surface area contributed by atoms with Crippen LogP contribution in [0.2, 0.25) is 0 Å². The van der Waals surface area contributed by atoms with Gasteiger partial charge in [0.05, 0.1) is 19.9 Å². The van der Waals surface area contributed by atoms with Gasteiger partial charge in [0.25, 0.3) is 5.91 Å². The normalized spacial score (nSPS) is 9.73. The number of nitrogens with zero attached hydrogens (tertiary/aromatic N) is 1. The highest BCUT2D eigenvalue weighted by atomic mass is 16.5. The number of hydrogen-bond acceptors (Lipinski definition) is 5. The number of carbonyl (C=O) groups excluding carboxylic acids is 1. The minimum Gasteiger partial charge on any atom is -0.497 e. The van der Waals surface area contributed by atoms with Crippen LogP contribution >= 0.6 is 0 Å². The van der Waals surface area contributed by atoms with E-state index in [4.69, 9.17) is 9.47 Å². The highest BCUT2D eigenvalue weighted by Gasteiger charge is 2.11. The van der Waals surface area contributed by atoms with E-state index in [1.54, 1.807) is 56.8 Å². The molecule has 22 heavy (non-hydrogen) atoms. The van der Waals surface area contributed by atoms with Crippen LogP contribution in [0.1, 0.15) is 16.1 Å². The van der Waals surface area contributed by atoms with Crippen molar-refractivity contribution in [3.63, 3.8) is 0 Å². The fourth-order valence-electron chi connectivity index (χ4n) is 1.81. The van der Waals surface area contributed by atoms with Crippen molar-refractivity contribution in [2.24, 2.45) is 0 Å². The van der Waals surface area contributed by atoms with Gasteiger partial charge in [-0.05, 0) is 30.3 Å². The number of nitrogens with one attached hydrogen (secondary N) is 2. The van der Waals surface area contributed by atoms with E-state index >= 15 is 0 Å². The van der Waals surface area contributed by atoms with Crippen molar-refractivity contribution in [1.82, 2.24) is 15.8 Å². The maximum absolute atomic E-state index is 11.9. The molecular formula is C16H17N3O3. The van der Waals surface area contributed by atoms with Gasteiger partial charge in [-0.3, -0.25) is 20.6 Å². The Morgan fingerprint density at radius 2 is 1.95 bits per heavy atom. The van der Waals surface area contributed by atoms with Crippen LogP contribution in [0.25, 0.3) is 5.70 Å². The standard InChI is InChI=1S/C16H17N3O3/c1-11(13-10-12(21-2)7-8-15(13)22-3)18-19-16(20)14-6-4-5-9-17-14/h4-10,18H,1H2,2-3H3,(H,19,20). The number of ether oxygens (including phenoxy) is 2. The highest BCUT2D eigenvalue weighted by molar-refractivity contribution is 5.92. The lowest BCUT2D eigenvalue weighted by atomic mass is 10.1. The van der Waals surface area contributed by atoms with E-state index < -0.39 is 0 Å². The van der Waals surface area contributed by atoms with E-state index in [2.05, 4.69) is 22.4 Å². The van der Waals surface area contributed by atoms with Crippen molar-refractivity contribution in [3.8, 4) is 11.5 Å². The zero-order chi connectivity index (χ0) is 15.9. The predicted molar refractivity (Wildman–Crippen MR) is 83.4 cm³/mol. The Morgan fingerprint density at radius 1 is 1.14 bits per heavy atom. The van der Waals surface area contributed by atoms with Gasteiger partial charge in [0, 0.05) is 11.8 Å². The van der Waals surface area contributed by atoms with Crippen molar-refractivity contribution in [3.05, 3.63) is 60.4 Å². The Bertz CT molecular complexity index is 672. The highest BCUT2D eigenvalue weighted by Crippen LogP contribution is 2.27. The van der Waals surface area contributed by atoms with Gasteiger partial charge in [-0.1, -0.05) is 12.6 Å². The van der Waals surface area contributed by atoms with Crippen LogP contribution in [0.5, 0.6) is 11.5 Å². The van der Waals surface area contributed by atoms with Crippen molar-refractivity contribution >= 4 is 11.6 Å². The summed E-state index contributed by atoms with van der Waals surface area (Å²) in [6.07, 6.45) is 1.55. The molecule has 0 aliphatic rings. The average Bonchev–Trinajstić information content (AvgIpc) is 2.59. The van der Waals surface area contributed by atoms with Gasteiger partial charge in [-0.2, -0.15) is 0 Å². The molecule has 114 valence electrons. The van der Waals surface area contributed by atoms with Crippen LogP contribution in [-0.2, 0) is 0 Å². The predicted octanol–water partition coefficient (Wildman–Crippen LogP) is 2.00. The maximum atomic E-state index is 11.9. The van der Waals surface area contributed by atoms with Gasteiger partial charge in [0.1, 0.15) is 17.2 Å². The summed E-state index contributed by atoms with van der Waals surface area (Å²) in [4.78, 5) is 15.9. The van der Waals surface area contributed by atoms with E-state index in [1.165, 1.54) is 0 Å². The zero-order valence-electron chi connectivity index (χ0n) is 12.4. The molecule has 6 nitrogen and oxygen atoms in total. The summed E-state index contributed by atoms with van der Waals surface area (Å²) in [6.45, 7) is 3.89. The Balaban J connectivity index is 2.08. The third-order valence-electron chi connectivity index (χ3n) is 2.96. The summed E-state index contributed by atoms with van der Waals surface area (Å²) < 4.78 is 10.5. The first-order valence-electron chi connectivity index (χ1n) is 6.54. The molecule has 1 heterocycles. The molecule has 0 fully saturated rings. The van der Waals surface area contributed by atoms with Gasteiger partial charge in [0.15, 0.2) is 0 Å². The molecule has 2 rings (SSSR count). The SMILES string of the molecule is C=C(NNC(=O)c1ccccn1)c1cc(OC)ccc1OC. The zero-order valence-corrected chi connectivity index (χ0v) is 12.4. The molecule has 6 heteroatoms. The third-order valence-corrected chi connectivity index (χ3v) is 2.96. The third kappa shape index (κ3) is 3.54. The second-order valence-electron chi connectivity index (χ2n) is 4.34. The number of pyridine rings is 1. The number of benzene rings is 1. The van der Waals surface area contributed by atoms with Crippen LogP contribution in [0.4, 0.5) is 0 Å². The molecule has 2 N–H and O–H groups in total. The molecule has 0 radical (unpaired) electrons. The number of aromatic nitrogens is 1. The number of rotatable bonds is 6. The minimum atomic E-state index is -0.358. The Labute approximate surface area is 128 Å². The van der Waals surface area contributed by atoms with E-state index in [0.29, 0.717) is 28.5 Å². The Hall–Kier alpha value is -3.02. The lowest BCUT2D eigenvalue weighted by Gasteiger charge is -2.15. The molecule has 0 unspecified atom stereocenters. The van der Waals surface area contributed by atoms with Crippen molar-refractivity contribution in [1.29, 1.82) is 0 Å². The van der Waals surface area contributed by atoms with Crippen LogP contribution in [0.3, 0.4) is 0 Å². The number of carbonyl (C=O) groups is 1. The molecule has 0 bridgehead atoms. The first-order chi connectivity index (χ1) is 10.7. The van der Waals surface area contributed by atoms with E-state index in [-0.39, 0.29) is 5.91 Å². The fraction of sp³-hybridized carbons (Fsp3) is 0.125. The summed E-state index contributed by atoms with van der Waals surface area (Å²) in [5.41, 5.74) is 6.75. The fourth-order valence-corrected chi connectivity index (χ4v) is 1.81. The van der Waals surface area contributed by atoms with Crippen LogP contribution in [0.15, 0.2) is 49.2 Å². The molecular weight excluding hydrogens is 282 g/mol.